The van der Waals surface area contributed by atoms with E-state index in [9.17, 15) is 4.79 Å². The molecule has 1 fully saturated rings. The summed E-state index contributed by atoms with van der Waals surface area (Å²) < 4.78 is 11.0. The van der Waals surface area contributed by atoms with Crippen LogP contribution in [0.5, 0.6) is 0 Å². The molecule has 0 aromatic carbocycles. The highest BCUT2D eigenvalue weighted by molar-refractivity contribution is 5.69. The molecule has 17 heavy (non-hydrogen) atoms. The van der Waals surface area contributed by atoms with Gasteiger partial charge in [0.05, 0.1) is 12.6 Å². The smallest absolute Gasteiger partial charge is 0.412 e. The minimum absolute atomic E-state index is 0.139. The number of amides is 1. The largest absolute Gasteiger partial charge is 0.444 e. The summed E-state index contributed by atoms with van der Waals surface area (Å²) in [5, 5.41) is 0. The minimum Gasteiger partial charge on any atom is -0.444 e. The van der Waals surface area contributed by atoms with Gasteiger partial charge in [0.1, 0.15) is 11.3 Å². The van der Waals surface area contributed by atoms with E-state index in [0.717, 1.165) is 0 Å². The first kappa shape index (κ1) is 14.3. The Bertz CT molecular complexity index is 295. The molecule has 1 heterocycles. The van der Waals surface area contributed by atoms with Crippen molar-refractivity contribution >= 4 is 6.09 Å². The Morgan fingerprint density at radius 1 is 1.53 bits per heavy atom. The Morgan fingerprint density at radius 2 is 2.06 bits per heavy atom. The Hall–Kier alpha value is -0.810. The highest BCUT2D eigenvalue weighted by atomic mass is 16.6. The molecule has 0 spiro atoms. The lowest BCUT2D eigenvalue weighted by Gasteiger charge is -2.36. The van der Waals surface area contributed by atoms with E-state index in [1.807, 2.05) is 41.5 Å². The Labute approximate surface area is 103 Å². The molecule has 0 radical (unpaired) electrons. The van der Waals surface area contributed by atoms with Crippen LogP contribution in [0, 0.1) is 0 Å². The summed E-state index contributed by atoms with van der Waals surface area (Å²) in [6.07, 6.45) is -0.373. The van der Waals surface area contributed by atoms with E-state index in [-0.39, 0.29) is 18.2 Å². The van der Waals surface area contributed by atoms with E-state index in [1.54, 1.807) is 4.90 Å². The van der Waals surface area contributed by atoms with Crippen molar-refractivity contribution in [1.82, 2.24) is 4.90 Å². The summed E-state index contributed by atoms with van der Waals surface area (Å²) in [7, 11) is 0. The molecule has 0 aromatic heterocycles. The van der Waals surface area contributed by atoms with Gasteiger partial charge in [-0.2, -0.15) is 0 Å². The lowest BCUT2D eigenvalue weighted by Crippen LogP contribution is -2.54. The Morgan fingerprint density at radius 3 is 2.47 bits per heavy atom. The fourth-order valence-electron chi connectivity index (χ4n) is 1.89. The van der Waals surface area contributed by atoms with Crippen LogP contribution in [0.15, 0.2) is 0 Å². The predicted molar refractivity (Wildman–Crippen MR) is 65.5 cm³/mol. The van der Waals surface area contributed by atoms with E-state index < -0.39 is 11.3 Å². The van der Waals surface area contributed by atoms with Gasteiger partial charge in [0.2, 0.25) is 0 Å². The van der Waals surface area contributed by atoms with Crippen LogP contribution < -0.4 is 5.73 Å². The number of nitrogens with two attached hydrogens (primary N) is 1. The zero-order valence-electron chi connectivity index (χ0n) is 11.6. The van der Waals surface area contributed by atoms with Crippen molar-refractivity contribution in [2.75, 3.05) is 6.61 Å². The van der Waals surface area contributed by atoms with Gasteiger partial charge in [-0.3, -0.25) is 4.90 Å². The van der Waals surface area contributed by atoms with E-state index in [2.05, 4.69) is 0 Å². The normalized spacial score (nSPS) is 25.8. The quantitative estimate of drug-likeness (QED) is 0.762. The Balaban J connectivity index is 2.87. The zero-order chi connectivity index (χ0) is 13.4. The van der Waals surface area contributed by atoms with E-state index in [1.165, 1.54) is 0 Å². The van der Waals surface area contributed by atoms with Crippen LogP contribution in [0.2, 0.25) is 0 Å². The topological polar surface area (TPSA) is 64.8 Å². The molecular formula is C12H24N2O3. The SMILES string of the molecule is C[C@H](N)[C@@H]1COC(C)(C)N1C(=O)OC(C)(C)C. The fraction of sp³-hybridized carbons (Fsp3) is 0.917. The van der Waals surface area contributed by atoms with Crippen LogP contribution in [0.25, 0.3) is 0 Å². The van der Waals surface area contributed by atoms with Crippen LogP contribution in [0.4, 0.5) is 4.79 Å². The predicted octanol–water partition coefficient (Wildman–Crippen LogP) is 1.71. The zero-order valence-corrected chi connectivity index (χ0v) is 11.6. The molecule has 100 valence electrons. The number of hydrogen-bond acceptors (Lipinski definition) is 4. The van der Waals surface area contributed by atoms with Crippen molar-refractivity contribution in [2.45, 2.75) is 65.0 Å². The maximum atomic E-state index is 12.2. The first-order valence-electron chi connectivity index (χ1n) is 5.96. The molecule has 2 N–H and O–H groups in total. The van der Waals surface area contributed by atoms with Gasteiger partial charge < -0.3 is 15.2 Å². The second kappa shape index (κ2) is 4.46. The molecule has 5 nitrogen and oxygen atoms in total. The Kier molecular flexibility index (Phi) is 3.74. The van der Waals surface area contributed by atoms with Crippen molar-refractivity contribution in [3.63, 3.8) is 0 Å². The van der Waals surface area contributed by atoms with Gasteiger partial charge in [0, 0.05) is 6.04 Å². The van der Waals surface area contributed by atoms with Crippen LogP contribution in [-0.4, -0.2) is 41.0 Å². The van der Waals surface area contributed by atoms with Gasteiger partial charge in [0.15, 0.2) is 0 Å². The lowest BCUT2D eigenvalue weighted by molar-refractivity contribution is -0.0630. The lowest BCUT2D eigenvalue weighted by atomic mass is 10.1. The molecule has 0 saturated carbocycles. The summed E-state index contributed by atoms with van der Waals surface area (Å²) in [5.74, 6) is 0. The third-order valence-electron chi connectivity index (χ3n) is 2.72. The van der Waals surface area contributed by atoms with Crippen molar-refractivity contribution in [2.24, 2.45) is 5.73 Å². The van der Waals surface area contributed by atoms with Crippen LogP contribution >= 0.6 is 0 Å². The monoisotopic (exact) mass is 244 g/mol. The molecule has 5 heteroatoms. The number of nitrogens with zero attached hydrogens (tertiary/aromatic N) is 1. The summed E-state index contributed by atoms with van der Waals surface area (Å²) in [4.78, 5) is 13.8. The number of hydrogen-bond donors (Lipinski definition) is 1. The standard InChI is InChI=1S/C12H24N2O3/c1-8(13)9-7-16-12(5,6)14(9)10(15)17-11(2,3)4/h8-9H,7,13H2,1-6H3/t8-,9-/m0/s1. The maximum absolute atomic E-state index is 12.2. The highest BCUT2D eigenvalue weighted by Crippen LogP contribution is 2.30. The maximum Gasteiger partial charge on any atom is 0.412 e. The van der Waals surface area contributed by atoms with Crippen LogP contribution in [-0.2, 0) is 9.47 Å². The molecule has 0 aromatic rings. The van der Waals surface area contributed by atoms with Gasteiger partial charge >= 0.3 is 6.09 Å². The number of carbonyl (C=O) groups is 1. The number of ether oxygens (including phenoxy) is 2. The molecule has 1 saturated heterocycles. The van der Waals surface area contributed by atoms with E-state index >= 15 is 0 Å². The molecule has 1 aliphatic rings. The molecule has 1 aliphatic heterocycles. The molecule has 2 atom stereocenters. The van der Waals surface area contributed by atoms with Gasteiger partial charge in [-0.05, 0) is 41.5 Å². The summed E-state index contributed by atoms with van der Waals surface area (Å²) in [6.45, 7) is 11.5. The molecule has 1 rings (SSSR count). The van der Waals surface area contributed by atoms with Gasteiger partial charge in [-0.1, -0.05) is 0 Å². The number of carbonyl (C=O) groups excluding carboxylic acids is 1. The van der Waals surface area contributed by atoms with Gasteiger partial charge in [-0.15, -0.1) is 0 Å². The summed E-state index contributed by atoms with van der Waals surface area (Å²) in [5.41, 5.74) is 4.70. The van der Waals surface area contributed by atoms with E-state index in [0.29, 0.717) is 6.61 Å². The third-order valence-corrected chi connectivity index (χ3v) is 2.72. The first-order valence-corrected chi connectivity index (χ1v) is 5.96. The third kappa shape index (κ3) is 3.33. The average molecular weight is 244 g/mol. The van der Waals surface area contributed by atoms with Crippen molar-refractivity contribution < 1.29 is 14.3 Å². The number of rotatable bonds is 1. The van der Waals surface area contributed by atoms with E-state index in [4.69, 9.17) is 15.2 Å². The van der Waals surface area contributed by atoms with Gasteiger partial charge in [-0.25, -0.2) is 4.79 Å². The molecular weight excluding hydrogens is 220 g/mol. The summed E-state index contributed by atoms with van der Waals surface area (Å²) >= 11 is 0. The summed E-state index contributed by atoms with van der Waals surface area (Å²) in [6, 6.07) is -0.288. The fourth-order valence-corrected chi connectivity index (χ4v) is 1.89. The second-order valence-corrected chi connectivity index (χ2v) is 6.03. The second-order valence-electron chi connectivity index (χ2n) is 6.03. The highest BCUT2D eigenvalue weighted by Gasteiger charge is 2.46. The first-order chi connectivity index (χ1) is 7.54. The molecule has 0 aliphatic carbocycles. The minimum atomic E-state index is -0.666. The van der Waals surface area contributed by atoms with Crippen molar-refractivity contribution in [1.29, 1.82) is 0 Å². The average Bonchev–Trinajstić information content (AvgIpc) is 2.37. The molecule has 1 amide bonds. The molecule has 0 unspecified atom stereocenters. The van der Waals surface area contributed by atoms with Crippen molar-refractivity contribution in [3.05, 3.63) is 0 Å². The van der Waals surface area contributed by atoms with Crippen molar-refractivity contribution in [3.8, 4) is 0 Å². The molecule has 0 bridgehead atoms. The van der Waals surface area contributed by atoms with Crippen LogP contribution in [0.1, 0.15) is 41.5 Å². The van der Waals surface area contributed by atoms with Crippen LogP contribution in [0.3, 0.4) is 0 Å². The van der Waals surface area contributed by atoms with Gasteiger partial charge in [0.25, 0.3) is 0 Å².